The van der Waals surface area contributed by atoms with Gasteiger partial charge in [0.15, 0.2) is 0 Å². The number of methoxy groups -OCH3 is 1. The third-order valence-electron chi connectivity index (χ3n) is 7.88. The highest BCUT2D eigenvalue weighted by Gasteiger charge is 2.40. The number of alkyl carbamates (subject to hydrolysis) is 1. The summed E-state index contributed by atoms with van der Waals surface area (Å²) in [5, 5.41) is 3.19. The van der Waals surface area contributed by atoms with Crippen molar-refractivity contribution in [2.45, 2.75) is 51.7 Å². The van der Waals surface area contributed by atoms with Gasteiger partial charge in [0.25, 0.3) is 0 Å². The smallest absolute Gasteiger partial charge is 0.407 e. The Morgan fingerprint density at radius 3 is 2.61 bits per heavy atom. The van der Waals surface area contributed by atoms with E-state index in [9.17, 15) is 9.18 Å². The predicted molar refractivity (Wildman–Crippen MR) is 126 cm³/mol. The summed E-state index contributed by atoms with van der Waals surface area (Å²) in [6, 6.07) is 10.8. The number of carbonyl (C=O) groups excluding carboxylic acids is 1. The average molecular weight is 453 g/mol. The topological polar surface area (TPSA) is 50.8 Å². The number of halogens is 1. The number of carbonyl (C=O) groups is 1. The molecule has 2 atom stereocenters. The highest BCUT2D eigenvalue weighted by molar-refractivity contribution is 5.70. The fourth-order valence-corrected chi connectivity index (χ4v) is 5.76. The molecule has 33 heavy (non-hydrogen) atoms. The molecule has 3 fully saturated rings. The van der Waals surface area contributed by atoms with Gasteiger partial charge in [-0.1, -0.05) is 32.0 Å². The van der Waals surface area contributed by atoms with Crippen molar-refractivity contribution in [2.75, 3.05) is 26.7 Å². The lowest BCUT2D eigenvalue weighted by Crippen LogP contribution is -2.53. The first-order chi connectivity index (χ1) is 15.8. The molecule has 176 valence electrons. The van der Waals surface area contributed by atoms with Crippen LogP contribution in [0.4, 0.5) is 9.18 Å². The van der Waals surface area contributed by atoms with E-state index in [0.29, 0.717) is 17.2 Å². The Kier molecular flexibility index (Phi) is 5.81. The molecule has 2 aromatic rings. The molecule has 1 amide bonds. The van der Waals surface area contributed by atoms with E-state index in [2.05, 4.69) is 30.1 Å². The molecule has 1 aliphatic carbocycles. The first-order valence-corrected chi connectivity index (χ1v) is 12.0. The van der Waals surface area contributed by atoms with Crippen molar-refractivity contribution >= 4 is 6.09 Å². The van der Waals surface area contributed by atoms with Crippen molar-refractivity contribution in [3.8, 4) is 16.9 Å². The van der Waals surface area contributed by atoms with Crippen LogP contribution < -0.4 is 10.1 Å². The minimum atomic E-state index is -0.329. The van der Waals surface area contributed by atoms with E-state index in [1.807, 2.05) is 12.1 Å². The Labute approximate surface area is 195 Å². The molecule has 1 N–H and O–H groups in total. The molecule has 1 unspecified atom stereocenters. The van der Waals surface area contributed by atoms with Crippen molar-refractivity contribution in [3.05, 3.63) is 53.3 Å². The van der Waals surface area contributed by atoms with Gasteiger partial charge in [-0.2, -0.15) is 0 Å². The number of nitrogens with zero attached hydrogens (tertiary/aromatic N) is 1. The zero-order valence-corrected chi connectivity index (χ0v) is 19.7. The molecule has 3 aliphatic heterocycles. The van der Waals surface area contributed by atoms with Crippen molar-refractivity contribution in [1.29, 1.82) is 0 Å². The molecule has 2 bridgehead atoms. The monoisotopic (exact) mass is 452 g/mol. The van der Waals surface area contributed by atoms with E-state index in [-0.39, 0.29) is 29.5 Å². The van der Waals surface area contributed by atoms with Crippen LogP contribution in [-0.2, 0) is 11.2 Å². The average Bonchev–Trinajstić information content (AvgIpc) is 2.81. The highest BCUT2D eigenvalue weighted by Crippen LogP contribution is 2.45. The fraction of sp³-hybridized carbons (Fsp3) is 0.519. The summed E-state index contributed by atoms with van der Waals surface area (Å²) in [6.45, 7) is 7.45. The van der Waals surface area contributed by atoms with Crippen LogP contribution in [0.1, 0.15) is 50.3 Å². The van der Waals surface area contributed by atoms with E-state index in [0.717, 1.165) is 62.0 Å². The van der Waals surface area contributed by atoms with Crippen LogP contribution in [-0.4, -0.2) is 43.8 Å². The molecular formula is C27H33FN2O3. The minimum Gasteiger partial charge on any atom is -0.497 e. The molecular weight excluding hydrogens is 419 g/mol. The van der Waals surface area contributed by atoms with E-state index >= 15 is 0 Å². The lowest BCUT2D eigenvalue weighted by Gasteiger charge is -2.44. The number of aryl methyl sites for hydroxylation is 1. The van der Waals surface area contributed by atoms with Crippen LogP contribution in [0.25, 0.3) is 11.1 Å². The molecule has 2 aromatic carbocycles. The Balaban J connectivity index is 1.36. The summed E-state index contributed by atoms with van der Waals surface area (Å²) >= 11 is 0. The number of fused-ring (bicyclic) bond motifs is 4. The molecule has 4 aliphatic rings. The molecule has 5 nitrogen and oxygen atoms in total. The normalized spacial score (nSPS) is 27.5. The maximum absolute atomic E-state index is 14.7. The number of piperidine rings is 3. The first kappa shape index (κ1) is 22.2. The third kappa shape index (κ3) is 4.33. The SMILES string of the molecule is COc1ccc(-c2ccc3c(c2)CCC(C)(C)C3NC(=O)O[C@@H]2CN3CCC2CC3)c(F)c1. The highest BCUT2D eigenvalue weighted by atomic mass is 19.1. The lowest BCUT2D eigenvalue weighted by atomic mass is 9.70. The van der Waals surface area contributed by atoms with Crippen molar-refractivity contribution in [3.63, 3.8) is 0 Å². The van der Waals surface area contributed by atoms with Gasteiger partial charge in [-0.3, -0.25) is 4.90 Å². The maximum Gasteiger partial charge on any atom is 0.407 e. The number of rotatable bonds is 4. The van der Waals surface area contributed by atoms with Gasteiger partial charge in [-0.25, -0.2) is 9.18 Å². The van der Waals surface area contributed by atoms with Crippen molar-refractivity contribution < 1.29 is 18.7 Å². The Morgan fingerprint density at radius 1 is 1.15 bits per heavy atom. The van der Waals surface area contributed by atoms with Gasteiger partial charge < -0.3 is 14.8 Å². The second kappa shape index (κ2) is 8.64. The van der Waals surface area contributed by atoms with Gasteiger partial charge in [0.2, 0.25) is 0 Å². The first-order valence-electron chi connectivity index (χ1n) is 12.0. The fourth-order valence-electron chi connectivity index (χ4n) is 5.76. The Bertz CT molecular complexity index is 1050. The largest absolute Gasteiger partial charge is 0.497 e. The van der Waals surface area contributed by atoms with Gasteiger partial charge >= 0.3 is 6.09 Å². The quantitative estimate of drug-likeness (QED) is 0.681. The maximum atomic E-state index is 14.7. The number of hydrogen-bond donors (Lipinski definition) is 1. The number of hydrogen-bond acceptors (Lipinski definition) is 4. The summed E-state index contributed by atoms with van der Waals surface area (Å²) in [4.78, 5) is 15.3. The van der Waals surface area contributed by atoms with Crippen LogP contribution in [0.3, 0.4) is 0 Å². The molecule has 0 saturated carbocycles. The number of benzene rings is 2. The molecule has 0 aromatic heterocycles. The zero-order valence-electron chi connectivity index (χ0n) is 19.7. The van der Waals surface area contributed by atoms with Gasteiger partial charge in [0.1, 0.15) is 17.7 Å². The van der Waals surface area contributed by atoms with Gasteiger partial charge in [0, 0.05) is 18.2 Å². The second-order valence-corrected chi connectivity index (χ2v) is 10.4. The van der Waals surface area contributed by atoms with E-state index in [4.69, 9.17) is 9.47 Å². The Morgan fingerprint density at radius 2 is 1.94 bits per heavy atom. The van der Waals surface area contributed by atoms with Crippen LogP contribution in [0.5, 0.6) is 5.75 Å². The van der Waals surface area contributed by atoms with Crippen molar-refractivity contribution in [2.24, 2.45) is 11.3 Å². The van der Waals surface area contributed by atoms with Crippen LogP contribution in [0, 0.1) is 17.2 Å². The van der Waals surface area contributed by atoms with Gasteiger partial charge in [-0.15, -0.1) is 0 Å². The number of amides is 1. The number of ether oxygens (including phenoxy) is 2. The standard InChI is InChI=1S/C27H33FN2O3/c1-27(2)11-8-19-14-18(21-7-5-20(32-3)15-23(21)28)4-6-22(19)25(27)29-26(31)33-24-16-30-12-9-17(24)10-13-30/h4-7,14-15,17,24-25H,8-13,16H2,1-3H3,(H,29,31)/t24-,25?/m1/s1. The third-order valence-corrected chi connectivity index (χ3v) is 7.88. The lowest BCUT2D eigenvalue weighted by molar-refractivity contribution is -0.0353. The summed E-state index contributed by atoms with van der Waals surface area (Å²) in [6.07, 6.45) is 3.70. The van der Waals surface area contributed by atoms with E-state index < -0.39 is 0 Å². The van der Waals surface area contributed by atoms with E-state index in [1.165, 1.54) is 13.2 Å². The summed E-state index contributed by atoms with van der Waals surface area (Å²) in [7, 11) is 1.53. The Hall–Kier alpha value is -2.60. The summed E-state index contributed by atoms with van der Waals surface area (Å²) in [5.41, 5.74) is 3.52. The molecule has 0 radical (unpaired) electrons. The minimum absolute atomic E-state index is 0.0147. The molecule has 6 heteroatoms. The molecule has 3 saturated heterocycles. The zero-order chi connectivity index (χ0) is 23.2. The molecule has 0 spiro atoms. The number of nitrogens with one attached hydrogen (secondary N) is 1. The second-order valence-electron chi connectivity index (χ2n) is 10.4. The van der Waals surface area contributed by atoms with Gasteiger partial charge in [0.05, 0.1) is 13.2 Å². The van der Waals surface area contributed by atoms with Gasteiger partial charge in [-0.05, 0) is 78.9 Å². The van der Waals surface area contributed by atoms with Crippen LogP contribution in [0.15, 0.2) is 36.4 Å². The predicted octanol–water partition coefficient (Wildman–Crippen LogP) is 5.34. The summed E-state index contributed by atoms with van der Waals surface area (Å²) in [5.74, 6) is 0.678. The van der Waals surface area contributed by atoms with E-state index in [1.54, 1.807) is 12.1 Å². The molecule has 6 rings (SSSR count). The summed E-state index contributed by atoms with van der Waals surface area (Å²) < 4.78 is 25.7. The molecule has 3 heterocycles. The van der Waals surface area contributed by atoms with Crippen LogP contribution >= 0.6 is 0 Å². The van der Waals surface area contributed by atoms with Crippen LogP contribution in [0.2, 0.25) is 0 Å². The van der Waals surface area contributed by atoms with Crippen molar-refractivity contribution in [1.82, 2.24) is 10.2 Å².